The Morgan fingerprint density at radius 2 is 1.19 bits per heavy atom. The zero-order chi connectivity index (χ0) is 15.8. The molecule has 0 saturated carbocycles. The maximum atomic E-state index is 10.4. The third-order valence-electron chi connectivity index (χ3n) is 2.83. The van der Waals surface area contributed by atoms with Crippen LogP contribution in [-0.2, 0) is 24.3 Å². The molecule has 21 heavy (non-hydrogen) atoms. The summed E-state index contributed by atoms with van der Waals surface area (Å²) in [6.07, 6.45) is 5.86. The predicted octanol–water partition coefficient (Wildman–Crippen LogP) is 2.28. The van der Waals surface area contributed by atoms with Crippen molar-refractivity contribution in [2.75, 3.05) is 45.4 Å². The van der Waals surface area contributed by atoms with Gasteiger partial charge < -0.3 is 14.2 Å². The number of ether oxygens (including phenoxy) is 3. The second-order valence-corrected chi connectivity index (χ2v) is 6.46. The Balaban J connectivity index is 3.03. The van der Waals surface area contributed by atoms with E-state index in [0.717, 1.165) is 13.0 Å². The first-order valence-corrected chi connectivity index (χ1v) is 9.35. The van der Waals surface area contributed by atoms with Gasteiger partial charge in [0.15, 0.2) is 0 Å². The third-order valence-corrected chi connectivity index (χ3v) is 3.63. The molecule has 0 saturated heterocycles. The summed E-state index contributed by atoms with van der Waals surface area (Å²) in [6.45, 7) is 5.64. The van der Waals surface area contributed by atoms with Gasteiger partial charge in [-0.2, -0.15) is 8.42 Å². The molecule has 0 spiro atoms. The average Bonchev–Trinajstić information content (AvgIpc) is 2.42. The van der Waals surface area contributed by atoms with Crippen LogP contribution in [0.1, 0.15) is 45.4 Å². The highest BCUT2D eigenvalue weighted by Gasteiger charge is 2.02. The normalized spacial score (nSPS) is 11.9. The fourth-order valence-electron chi connectivity index (χ4n) is 1.66. The van der Waals surface area contributed by atoms with Gasteiger partial charge in [-0.25, -0.2) is 0 Å². The van der Waals surface area contributed by atoms with Crippen molar-refractivity contribution in [2.45, 2.75) is 45.4 Å². The van der Waals surface area contributed by atoms with Gasteiger partial charge in [0.1, 0.15) is 0 Å². The van der Waals surface area contributed by atoms with Crippen LogP contribution in [0.4, 0.5) is 0 Å². The van der Waals surface area contributed by atoms with Crippen LogP contribution in [0, 0.1) is 0 Å². The molecule has 6 nitrogen and oxygen atoms in total. The minimum Gasteiger partial charge on any atom is -0.379 e. The fourth-order valence-corrected chi connectivity index (χ4v) is 2.23. The summed E-state index contributed by atoms with van der Waals surface area (Å²) >= 11 is 0. The zero-order valence-electron chi connectivity index (χ0n) is 13.1. The molecule has 0 aliphatic rings. The first-order valence-electron chi connectivity index (χ1n) is 7.74. The number of rotatable bonds is 16. The van der Waals surface area contributed by atoms with Crippen molar-refractivity contribution in [2.24, 2.45) is 0 Å². The molecule has 0 heterocycles. The average molecular weight is 326 g/mol. The molecule has 0 aromatic carbocycles. The van der Waals surface area contributed by atoms with E-state index in [2.05, 4.69) is 6.92 Å². The van der Waals surface area contributed by atoms with Crippen LogP contribution in [0.2, 0.25) is 0 Å². The van der Waals surface area contributed by atoms with Crippen LogP contribution in [0.3, 0.4) is 0 Å². The molecular weight excluding hydrogens is 296 g/mol. The van der Waals surface area contributed by atoms with Crippen molar-refractivity contribution in [3.8, 4) is 0 Å². The summed E-state index contributed by atoms with van der Waals surface area (Å²) < 4.78 is 45.5. The summed E-state index contributed by atoms with van der Waals surface area (Å²) in [6, 6.07) is 0. The Labute approximate surface area is 128 Å². The van der Waals surface area contributed by atoms with Crippen molar-refractivity contribution in [3.63, 3.8) is 0 Å². The van der Waals surface area contributed by atoms with E-state index in [1.807, 2.05) is 0 Å². The van der Waals surface area contributed by atoms with Crippen molar-refractivity contribution in [1.29, 1.82) is 0 Å². The van der Waals surface area contributed by atoms with Crippen LogP contribution < -0.4 is 0 Å². The number of unbranched alkanes of at least 4 members (excludes halogenated alkanes) is 4. The van der Waals surface area contributed by atoms with E-state index < -0.39 is 10.1 Å². The molecule has 128 valence electrons. The monoisotopic (exact) mass is 326 g/mol. The van der Waals surface area contributed by atoms with E-state index >= 15 is 0 Å². The third kappa shape index (κ3) is 19.8. The molecule has 0 fully saturated rings. The lowest BCUT2D eigenvalue weighted by atomic mass is 10.2. The van der Waals surface area contributed by atoms with Crippen molar-refractivity contribution >= 4 is 10.1 Å². The second-order valence-electron chi connectivity index (χ2n) is 4.89. The molecule has 0 radical (unpaired) electrons. The SMILES string of the molecule is CCCCCCOCCOCCOCCCCS(=O)(=O)O. The van der Waals surface area contributed by atoms with Gasteiger partial charge in [-0.1, -0.05) is 26.2 Å². The van der Waals surface area contributed by atoms with Gasteiger partial charge in [0.25, 0.3) is 10.1 Å². The number of hydrogen-bond donors (Lipinski definition) is 1. The summed E-state index contributed by atoms with van der Waals surface area (Å²) in [4.78, 5) is 0. The minimum atomic E-state index is -3.84. The maximum Gasteiger partial charge on any atom is 0.264 e. The fraction of sp³-hybridized carbons (Fsp3) is 1.00. The Hall–Kier alpha value is -0.210. The van der Waals surface area contributed by atoms with Crippen LogP contribution in [0.15, 0.2) is 0 Å². The first kappa shape index (κ1) is 20.8. The van der Waals surface area contributed by atoms with E-state index in [0.29, 0.717) is 45.9 Å². The van der Waals surface area contributed by atoms with Crippen LogP contribution >= 0.6 is 0 Å². The first-order chi connectivity index (χ1) is 10.1. The quantitative estimate of drug-likeness (QED) is 0.346. The van der Waals surface area contributed by atoms with Crippen molar-refractivity contribution in [1.82, 2.24) is 0 Å². The molecule has 0 bridgehead atoms. The van der Waals surface area contributed by atoms with E-state index in [4.69, 9.17) is 18.8 Å². The second kappa shape index (κ2) is 14.7. The lowest BCUT2D eigenvalue weighted by molar-refractivity contribution is 0.0134. The van der Waals surface area contributed by atoms with E-state index in [1.165, 1.54) is 19.3 Å². The van der Waals surface area contributed by atoms with E-state index in [-0.39, 0.29) is 5.75 Å². The summed E-state index contributed by atoms with van der Waals surface area (Å²) in [5, 5.41) is 0. The largest absolute Gasteiger partial charge is 0.379 e. The highest BCUT2D eigenvalue weighted by Crippen LogP contribution is 1.98. The highest BCUT2D eigenvalue weighted by atomic mass is 32.2. The van der Waals surface area contributed by atoms with Gasteiger partial charge >= 0.3 is 0 Å². The van der Waals surface area contributed by atoms with Gasteiger partial charge in [-0.3, -0.25) is 4.55 Å². The van der Waals surface area contributed by atoms with Gasteiger partial charge in [0.05, 0.1) is 32.2 Å². The molecule has 0 aromatic heterocycles. The molecule has 0 atom stereocenters. The standard InChI is InChI=1S/C14H30O6S/c1-2-3-4-5-8-18-10-12-20-13-11-19-9-6-7-14-21(15,16)17/h2-14H2,1H3,(H,15,16,17). The molecule has 0 aliphatic heterocycles. The lowest BCUT2D eigenvalue weighted by Crippen LogP contribution is -2.11. The molecule has 0 aromatic rings. The highest BCUT2D eigenvalue weighted by molar-refractivity contribution is 7.85. The Morgan fingerprint density at radius 1 is 0.714 bits per heavy atom. The molecule has 1 N–H and O–H groups in total. The van der Waals surface area contributed by atoms with Crippen LogP contribution in [0.5, 0.6) is 0 Å². The topological polar surface area (TPSA) is 82.1 Å². The van der Waals surface area contributed by atoms with Crippen molar-refractivity contribution < 1.29 is 27.2 Å². The summed E-state index contributed by atoms with van der Waals surface area (Å²) in [5.74, 6) is -0.206. The van der Waals surface area contributed by atoms with Crippen LogP contribution in [-0.4, -0.2) is 58.4 Å². The van der Waals surface area contributed by atoms with E-state index in [1.54, 1.807) is 0 Å². The molecule has 7 heteroatoms. The van der Waals surface area contributed by atoms with Gasteiger partial charge in [0, 0.05) is 13.2 Å². The van der Waals surface area contributed by atoms with Gasteiger partial charge in [-0.15, -0.1) is 0 Å². The van der Waals surface area contributed by atoms with Gasteiger partial charge in [-0.05, 0) is 19.3 Å². The van der Waals surface area contributed by atoms with Gasteiger partial charge in [0.2, 0.25) is 0 Å². The molecule has 0 amide bonds. The summed E-state index contributed by atoms with van der Waals surface area (Å²) in [7, 11) is -3.84. The molecule has 0 aliphatic carbocycles. The molecule has 0 unspecified atom stereocenters. The maximum absolute atomic E-state index is 10.4. The predicted molar refractivity (Wildman–Crippen MR) is 82.2 cm³/mol. The van der Waals surface area contributed by atoms with Crippen molar-refractivity contribution in [3.05, 3.63) is 0 Å². The summed E-state index contributed by atoms with van der Waals surface area (Å²) in [5.41, 5.74) is 0. The van der Waals surface area contributed by atoms with E-state index in [9.17, 15) is 8.42 Å². The lowest BCUT2D eigenvalue weighted by Gasteiger charge is -2.06. The Bertz CT molecular complexity index is 305. The Kier molecular flexibility index (Phi) is 14.6. The number of hydrogen-bond acceptors (Lipinski definition) is 5. The minimum absolute atomic E-state index is 0.206. The smallest absolute Gasteiger partial charge is 0.264 e. The molecular formula is C14H30O6S. The van der Waals surface area contributed by atoms with Crippen LogP contribution in [0.25, 0.3) is 0 Å². The zero-order valence-corrected chi connectivity index (χ0v) is 13.9. The Morgan fingerprint density at radius 3 is 1.67 bits per heavy atom. The molecule has 0 rings (SSSR count).